The van der Waals surface area contributed by atoms with Crippen LogP contribution in [0, 0.1) is 18.3 Å². The SMILES string of the molecule is CC.Cc1cc(=O)c(C(=O)NCc2ccc(S(C)=O)cc2)cn1Cc1ccc(C#N)cc1. The number of rotatable bonds is 6. The Morgan fingerprint density at radius 1 is 1.06 bits per heavy atom. The molecule has 32 heavy (non-hydrogen) atoms. The van der Waals surface area contributed by atoms with Gasteiger partial charge in [-0.3, -0.25) is 13.8 Å². The fraction of sp³-hybridized carbons (Fsp3) is 0.240. The number of hydrogen-bond donors (Lipinski definition) is 1. The lowest BCUT2D eigenvalue weighted by molar-refractivity contribution is 0.0949. The van der Waals surface area contributed by atoms with E-state index in [2.05, 4.69) is 11.4 Å². The van der Waals surface area contributed by atoms with Crippen LogP contribution in [0.4, 0.5) is 0 Å². The minimum Gasteiger partial charge on any atom is -0.348 e. The summed E-state index contributed by atoms with van der Waals surface area (Å²) < 4.78 is 13.3. The topological polar surface area (TPSA) is 92.0 Å². The number of nitrogens with zero attached hydrogens (tertiary/aromatic N) is 2. The predicted octanol–water partition coefficient (Wildman–Crippen LogP) is 3.77. The molecule has 0 aliphatic carbocycles. The van der Waals surface area contributed by atoms with E-state index in [9.17, 15) is 13.8 Å². The third kappa shape index (κ3) is 6.50. The summed E-state index contributed by atoms with van der Waals surface area (Å²) in [4.78, 5) is 25.7. The second kappa shape index (κ2) is 11.8. The number of aryl methyl sites for hydroxylation is 1. The Morgan fingerprint density at radius 3 is 2.22 bits per heavy atom. The van der Waals surface area contributed by atoms with Crippen molar-refractivity contribution in [3.63, 3.8) is 0 Å². The highest BCUT2D eigenvalue weighted by atomic mass is 32.2. The summed E-state index contributed by atoms with van der Waals surface area (Å²) in [5, 5.41) is 11.7. The lowest BCUT2D eigenvalue weighted by atomic mass is 10.1. The molecule has 0 saturated carbocycles. The smallest absolute Gasteiger partial charge is 0.257 e. The summed E-state index contributed by atoms with van der Waals surface area (Å²) in [7, 11) is -1.05. The van der Waals surface area contributed by atoms with Gasteiger partial charge in [-0.1, -0.05) is 38.1 Å². The second-order valence-corrected chi connectivity index (χ2v) is 8.29. The van der Waals surface area contributed by atoms with E-state index in [1.807, 2.05) is 37.5 Å². The molecule has 7 heteroatoms. The molecule has 0 spiro atoms. The van der Waals surface area contributed by atoms with Crippen LogP contribution in [-0.2, 0) is 23.9 Å². The van der Waals surface area contributed by atoms with Crippen molar-refractivity contribution in [2.24, 2.45) is 0 Å². The molecule has 6 nitrogen and oxygen atoms in total. The Bertz CT molecular complexity index is 1190. The Hall–Kier alpha value is -3.50. The molecule has 1 atom stereocenters. The molecule has 1 heterocycles. The Labute approximate surface area is 191 Å². The van der Waals surface area contributed by atoms with Crippen molar-refractivity contribution in [3.8, 4) is 6.07 Å². The molecular weight excluding hydrogens is 422 g/mol. The van der Waals surface area contributed by atoms with Crippen molar-refractivity contribution in [1.29, 1.82) is 5.26 Å². The number of nitriles is 1. The summed E-state index contributed by atoms with van der Waals surface area (Å²) in [6.07, 6.45) is 3.17. The minimum absolute atomic E-state index is 0.0699. The fourth-order valence-electron chi connectivity index (χ4n) is 2.97. The van der Waals surface area contributed by atoms with Crippen LogP contribution in [0.3, 0.4) is 0 Å². The number of amides is 1. The van der Waals surface area contributed by atoms with Crippen LogP contribution in [0.2, 0.25) is 0 Å². The first-order valence-electron chi connectivity index (χ1n) is 10.3. The molecule has 3 rings (SSSR count). The normalized spacial score (nSPS) is 11.0. The van der Waals surface area contributed by atoms with Gasteiger partial charge in [-0.2, -0.15) is 5.26 Å². The summed E-state index contributed by atoms with van der Waals surface area (Å²) in [6, 6.07) is 17.8. The second-order valence-electron chi connectivity index (χ2n) is 6.91. The number of carbonyl (C=O) groups is 1. The van der Waals surface area contributed by atoms with Crippen molar-refractivity contribution in [2.45, 2.75) is 38.8 Å². The van der Waals surface area contributed by atoms with E-state index < -0.39 is 16.7 Å². The molecule has 1 aromatic heterocycles. The van der Waals surface area contributed by atoms with Gasteiger partial charge in [0.2, 0.25) is 0 Å². The fourth-order valence-corrected chi connectivity index (χ4v) is 3.49. The number of carbonyl (C=O) groups excluding carboxylic acids is 1. The number of benzene rings is 2. The van der Waals surface area contributed by atoms with Crippen LogP contribution in [-0.4, -0.2) is 20.9 Å². The summed E-state index contributed by atoms with van der Waals surface area (Å²) >= 11 is 0. The molecule has 1 unspecified atom stereocenters. The lowest BCUT2D eigenvalue weighted by Gasteiger charge is -2.13. The van der Waals surface area contributed by atoms with Gasteiger partial charge in [0.1, 0.15) is 5.56 Å². The zero-order valence-electron chi connectivity index (χ0n) is 18.7. The van der Waals surface area contributed by atoms with Gasteiger partial charge in [0.25, 0.3) is 5.91 Å². The van der Waals surface area contributed by atoms with Crippen molar-refractivity contribution in [3.05, 3.63) is 99.0 Å². The van der Waals surface area contributed by atoms with Gasteiger partial charge in [0.15, 0.2) is 5.43 Å². The van der Waals surface area contributed by atoms with Crippen LogP contribution in [0.25, 0.3) is 0 Å². The molecule has 166 valence electrons. The average molecular weight is 450 g/mol. The zero-order valence-corrected chi connectivity index (χ0v) is 19.5. The summed E-state index contributed by atoms with van der Waals surface area (Å²) in [6.45, 7) is 6.55. The van der Waals surface area contributed by atoms with Crippen molar-refractivity contribution < 1.29 is 9.00 Å². The quantitative estimate of drug-likeness (QED) is 0.620. The van der Waals surface area contributed by atoms with Crippen molar-refractivity contribution in [2.75, 3.05) is 6.26 Å². The number of hydrogen-bond acceptors (Lipinski definition) is 4. The highest BCUT2D eigenvalue weighted by molar-refractivity contribution is 7.84. The minimum atomic E-state index is -1.05. The molecular formula is C25H27N3O3S. The number of aromatic nitrogens is 1. The van der Waals surface area contributed by atoms with Crippen LogP contribution in [0.5, 0.6) is 0 Å². The van der Waals surface area contributed by atoms with Crippen LogP contribution in [0.1, 0.15) is 46.6 Å². The Morgan fingerprint density at radius 2 is 1.66 bits per heavy atom. The van der Waals surface area contributed by atoms with Gasteiger partial charge in [-0.05, 0) is 42.3 Å². The van der Waals surface area contributed by atoms with Gasteiger partial charge in [0, 0.05) is 53.0 Å². The average Bonchev–Trinajstić information content (AvgIpc) is 2.81. The van der Waals surface area contributed by atoms with E-state index in [1.165, 1.54) is 6.07 Å². The van der Waals surface area contributed by atoms with Gasteiger partial charge >= 0.3 is 0 Å². The molecule has 0 aliphatic heterocycles. The summed E-state index contributed by atoms with van der Waals surface area (Å²) in [5.74, 6) is -0.447. The monoisotopic (exact) mass is 449 g/mol. The zero-order chi connectivity index (χ0) is 23.7. The van der Waals surface area contributed by atoms with Gasteiger partial charge in [-0.25, -0.2) is 0 Å². The molecule has 1 N–H and O–H groups in total. The number of pyridine rings is 1. The van der Waals surface area contributed by atoms with Crippen LogP contribution < -0.4 is 10.7 Å². The largest absolute Gasteiger partial charge is 0.348 e. The maximum Gasteiger partial charge on any atom is 0.257 e. The lowest BCUT2D eigenvalue weighted by Crippen LogP contribution is -2.29. The summed E-state index contributed by atoms with van der Waals surface area (Å²) in [5.41, 5.74) is 2.86. The maximum atomic E-state index is 12.6. The number of nitrogens with one attached hydrogen (secondary N) is 1. The molecule has 3 aromatic rings. The van der Waals surface area contributed by atoms with E-state index in [0.717, 1.165) is 16.8 Å². The first-order chi connectivity index (χ1) is 15.4. The molecule has 0 radical (unpaired) electrons. The Balaban J connectivity index is 0.00000176. The van der Waals surface area contributed by atoms with E-state index >= 15 is 0 Å². The first kappa shape index (κ1) is 24.8. The van der Waals surface area contributed by atoms with Crippen LogP contribution >= 0.6 is 0 Å². The highest BCUT2D eigenvalue weighted by Gasteiger charge is 2.13. The maximum absolute atomic E-state index is 12.6. The van der Waals surface area contributed by atoms with Crippen molar-refractivity contribution in [1.82, 2.24) is 9.88 Å². The van der Waals surface area contributed by atoms with Gasteiger partial charge < -0.3 is 9.88 Å². The standard InChI is InChI=1S/C23H21N3O3S.C2H6/c1-16-11-22(27)21(15-26(16)14-19-5-3-17(12-24)4-6-19)23(28)25-13-18-7-9-20(10-8-18)30(2)29;1-2/h3-11,15H,13-14H2,1-2H3,(H,25,28);1-2H3. The molecule has 0 fully saturated rings. The highest BCUT2D eigenvalue weighted by Crippen LogP contribution is 2.10. The predicted molar refractivity (Wildman–Crippen MR) is 127 cm³/mol. The third-order valence-electron chi connectivity index (χ3n) is 4.73. The van der Waals surface area contributed by atoms with Crippen molar-refractivity contribution >= 4 is 16.7 Å². The van der Waals surface area contributed by atoms with Crippen LogP contribution in [0.15, 0.2) is 70.5 Å². The Kier molecular flexibility index (Phi) is 9.11. The molecule has 1 amide bonds. The molecule has 0 saturated heterocycles. The molecule has 2 aromatic carbocycles. The molecule has 0 bridgehead atoms. The molecule has 0 aliphatic rings. The van der Waals surface area contributed by atoms with E-state index in [0.29, 0.717) is 17.0 Å². The van der Waals surface area contributed by atoms with E-state index in [-0.39, 0.29) is 17.5 Å². The first-order valence-corrected chi connectivity index (χ1v) is 11.8. The van der Waals surface area contributed by atoms with E-state index in [1.54, 1.807) is 48.9 Å². The van der Waals surface area contributed by atoms with E-state index in [4.69, 9.17) is 5.26 Å². The third-order valence-corrected chi connectivity index (χ3v) is 5.67. The van der Waals surface area contributed by atoms with Gasteiger partial charge in [-0.15, -0.1) is 0 Å². The van der Waals surface area contributed by atoms with Gasteiger partial charge in [0.05, 0.1) is 11.6 Å².